The Morgan fingerprint density at radius 3 is 2.61 bits per heavy atom. The summed E-state index contributed by atoms with van der Waals surface area (Å²) in [6.07, 6.45) is 7.53. The first-order valence-electron chi connectivity index (χ1n) is 8.23. The minimum Gasteiger partial charge on any atom is -0.377 e. The lowest BCUT2D eigenvalue weighted by Crippen LogP contribution is -2.18. The number of nitro groups is 1. The van der Waals surface area contributed by atoms with Crippen LogP contribution in [0.2, 0.25) is 0 Å². The number of hydrogen-bond acceptors (Lipinski definition) is 5. The van der Waals surface area contributed by atoms with Gasteiger partial charge in [0.15, 0.2) is 5.78 Å². The lowest BCUT2D eigenvalue weighted by atomic mass is 10.1. The zero-order valence-corrected chi connectivity index (χ0v) is 13.5. The maximum Gasteiger partial charge on any atom is 0.293 e. The Labute approximate surface area is 136 Å². The molecule has 0 amide bonds. The minimum atomic E-state index is -0.471. The summed E-state index contributed by atoms with van der Waals surface area (Å²) in [6, 6.07) is 4.50. The van der Waals surface area contributed by atoms with Crippen LogP contribution in [0.5, 0.6) is 0 Å². The van der Waals surface area contributed by atoms with E-state index in [2.05, 4.69) is 5.32 Å². The number of nitro benzene ring substituents is 1. The third kappa shape index (κ3) is 5.32. The highest BCUT2D eigenvalue weighted by atomic mass is 16.6. The van der Waals surface area contributed by atoms with Crippen molar-refractivity contribution in [2.24, 2.45) is 0 Å². The summed E-state index contributed by atoms with van der Waals surface area (Å²) < 4.78 is 5.86. The molecule has 6 nitrogen and oxygen atoms in total. The summed E-state index contributed by atoms with van der Waals surface area (Å²) in [5.41, 5.74) is 0.689. The molecule has 1 fully saturated rings. The Hall–Kier alpha value is -1.95. The van der Waals surface area contributed by atoms with Gasteiger partial charge in [-0.15, -0.1) is 0 Å². The van der Waals surface area contributed by atoms with Crippen LogP contribution in [0.4, 0.5) is 11.4 Å². The van der Waals surface area contributed by atoms with Gasteiger partial charge in [0.05, 0.1) is 17.6 Å². The van der Waals surface area contributed by atoms with E-state index in [9.17, 15) is 14.9 Å². The van der Waals surface area contributed by atoms with Gasteiger partial charge in [-0.25, -0.2) is 0 Å². The molecular formula is C17H24N2O4. The molecule has 0 bridgehead atoms. The molecule has 0 aliphatic heterocycles. The number of carbonyl (C=O) groups is 1. The number of nitrogens with zero attached hydrogens (tertiary/aromatic N) is 1. The highest BCUT2D eigenvalue weighted by Crippen LogP contribution is 2.26. The van der Waals surface area contributed by atoms with Crippen LogP contribution >= 0.6 is 0 Å². The summed E-state index contributed by atoms with van der Waals surface area (Å²) in [7, 11) is 0. The molecular weight excluding hydrogens is 296 g/mol. The van der Waals surface area contributed by atoms with Crippen molar-refractivity contribution in [1.29, 1.82) is 0 Å². The number of benzene rings is 1. The van der Waals surface area contributed by atoms with E-state index in [1.54, 1.807) is 12.1 Å². The molecule has 1 aliphatic rings. The van der Waals surface area contributed by atoms with Crippen molar-refractivity contribution < 1.29 is 14.5 Å². The Morgan fingerprint density at radius 1 is 1.30 bits per heavy atom. The Bertz CT molecular complexity index is 552. The van der Waals surface area contributed by atoms with Gasteiger partial charge in [-0.3, -0.25) is 14.9 Å². The van der Waals surface area contributed by atoms with Crippen LogP contribution in [0.1, 0.15) is 55.8 Å². The number of rotatable bonds is 7. The molecule has 1 saturated carbocycles. The number of ether oxygens (including phenoxy) is 1. The smallest absolute Gasteiger partial charge is 0.293 e. The highest BCUT2D eigenvalue weighted by Gasteiger charge is 2.16. The predicted molar refractivity (Wildman–Crippen MR) is 89.0 cm³/mol. The van der Waals surface area contributed by atoms with Gasteiger partial charge in [-0.1, -0.05) is 25.7 Å². The average Bonchev–Trinajstić information content (AvgIpc) is 2.80. The zero-order valence-electron chi connectivity index (χ0n) is 13.5. The van der Waals surface area contributed by atoms with Crippen LogP contribution in [-0.4, -0.2) is 30.0 Å². The molecule has 1 aromatic carbocycles. The lowest BCUT2D eigenvalue weighted by Gasteiger charge is -2.16. The van der Waals surface area contributed by atoms with E-state index in [4.69, 9.17) is 4.74 Å². The number of ketones is 1. The minimum absolute atomic E-state index is 0.0767. The van der Waals surface area contributed by atoms with Gasteiger partial charge in [-0.05, 0) is 31.9 Å². The van der Waals surface area contributed by atoms with Crippen LogP contribution in [-0.2, 0) is 4.74 Å². The fourth-order valence-electron chi connectivity index (χ4n) is 2.87. The second-order valence-corrected chi connectivity index (χ2v) is 5.96. The topological polar surface area (TPSA) is 81.5 Å². The molecule has 23 heavy (non-hydrogen) atoms. The maximum absolute atomic E-state index is 11.3. The fraction of sp³-hybridized carbons (Fsp3) is 0.588. The molecule has 126 valence electrons. The van der Waals surface area contributed by atoms with Crippen LogP contribution in [0.25, 0.3) is 0 Å². The standard InChI is InChI=1S/C17H24N2O4/c1-13(20)14-8-9-16(17(12-14)19(21)22)18-10-11-23-15-6-4-2-3-5-7-15/h8-9,12,15,18H,2-7,10-11H2,1H3. The van der Waals surface area contributed by atoms with Crippen molar-refractivity contribution in [2.45, 2.75) is 51.6 Å². The first-order chi connectivity index (χ1) is 11.1. The van der Waals surface area contributed by atoms with Crippen LogP contribution in [0.15, 0.2) is 18.2 Å². The fourth-order valence-corrected chi connectivity index (χ4v) is 2.87. The number of nitrogens with one attached hydrogen (secondary N) is 1. The summed E-state index contributed by atoms with van der Waals surface area (Å²) in [4.78, 5) is 22.0. The van der Waals surface area contributed by atoms with Crippen molar-refractivity contribution in [1.82, 2.24) is 0 Å². The van der Waals surface area contributed by atoms with E-state index >= 15 is 0 Å². The van der Waals surface area contributed by atoms with Crippen molar-refractivity contribution in [3.8, 4) is 0 Å². The maximum atomic E-state index is 11.3. The SMILES string of the molecule is CC(=O)c1ccc(NCCOC2CCCCCC2)c([N+](=O)[O-])c1. The summed E-state index contributed by atoms with van der Waals surface area (Å²) in [6.45, 7) is 2.43. The third-order valence-electron chi connectivity index (χ3n) is 4.17. The molecule has 0 radical (unpaired) electrons. The molecule has 2 rings (SSSR count). The molecule has 0 heterocycles. The zero-order chi connectivity index (χ0) is 16.7. The monoisotopic (exact) mass is 320 g/mol. The summed E-state index contributed by atoms with van der Waals surface area (Å²) in [5, 5.41) is 14.2. The van der Waals surface area contributed by atoms with Crippen molar-refractivity contribution >= 4 is 17.2 Å². The van der Waals surface area contributed by atoms with Gasteiger partial charge < -0.3 is 10.1 Å². The van der Waals surface area contributed by atoms with Crippen molar-refractivity contribution in [2.75, 3.05) is 18.5 Å². The second kappa shape index (κ2) is 8.62. The average molecular weight is 320 g/mol. The Balaban J connectivity index is 1.87. The van der Waals surface area contributed by atoms with Crippen molar-refractivity contribution in [3.05, 3.63) is 33.9 Å². The Morgan fingerprint density at radius 2 is 2.00 bits per heavy atom. The number of carbonyl (C=O) groups excluding carboxylic acids is 1. The van der Waals surface area contributed by atoms with Crippen LogP contribution in [0, 0.1) is 10.1 Å². The van der Waals surface area contributed by atoms with E-state index in [1.165, 1.54) is 38.7 Å². The first kappa shape index (κ1) is 17.4. The van der Waals surface area contributed by atoms with Crippen LogP contribution < -0.4 is 5.32 Å². The Kier molecular flexibility index (Phi) is 6.52. The van der Waals surface area contributed by atoms with Gasteiger partial charge in [0, 0.05) is 18.2 Å². The van der Waals surface area contributed by atoms with Gasteiger partial charge in [-0.2, -0.15) is 0 Å². The quantitative estimate of drug-likeness (QED) is 0.270. The molecule has 0 unspecified atom stereocenters. The van der Waals surface area contributed by atoms with E-state index in [-0.39, 0.29) is 11.5 Å². The summed E-state index contributed by atoms with van der Waals surface area (Å²) >= 11 is 0. The molecule has 0 saturated heterocycles. The molecule has 0 spiro atoms. The van der Waals surface area contributed by atoms with Crippen LogP contribution in [0.3, 0.4) is 0 Å². The van der Waals surface area contributed by atoms with E-state index in [0.717, 1.165) is 12.8 Å². The normalized spacial score (nSPS) is 15.9. The molecule has 0 aromatic heterocycles. The highest BCUT2D eigenvalue weighted by molar-refractivity contribution is 5.95. The molecule has 1 aliphatic carbocycles. The number of hydrogen-bond donors (Lipinski definition) is 1. The van der Waals surface area contributed by atoms with Gasteiger partial charge in [0.1, 0.15) is 5.69 Å². The van der Waals surface area contributed by atoms with Gasteiger partial charge >= 0.3 is 0 Å². The molecule has 0 atom stereocenters. The van der Waals surface area contributed by atoms with E-state index in [1.807, 2.05) is 0 Å². The lowest BCUT2D eigenvalue weighted by molar-refractivity contribution is -0.384. The first-order valence-corrected chi connectivity index (χ1v) is 8.23. The molecule has 1 N–H and O–H groups in total. The third-order valence-corrected chi connectivity index (χ3v) is 4.17. The second-order valence-electron chi connectivity index (χ2n) is 5.96. The van der Waals surface area contributed by atoms with Gasteiger partial charge in [0.2, 0.25) is 0 Å². The number of anilines is 1. The van der Waals surface area contributed by atoms with Gasteiger partial charge in [0.25, 0.3) is 5.69 Å². The predicted octanol–water partition coefficient (Wildman–Crippen LogP) is 3.95. The van der Waals surface area contributed by atoms with E-state index < -0.39 is 4.92 Å². The molecule has 6 heteroatoms. The number of Topliss-reactive ketones (excluding diaryl/α,β-unsaturated/α-hetero) is 1. The molecule has 1 aromatic rings. The van der Waals surface area contributed by atoms with E-state index in [0.29, 0.717) is 30.5 Å². The largest absolute Gasteiger partial charge is 0.377 e. The summed E-state index contributed by atoms with van der Waals surface area (Å²) in [5.74, 6) is -0.184. The van der Waals surface area contributed by atoms with Crippen molar-refractivity contribution in [3.63, 3.8) is 0 Å².